The Morgan fingerprint density at radius 2 is 2.43 bits per heavy atom. The fourth-order valence-corrected chi connectivity index (χ4v) is 1.47. The lowest BCUT2D eigenvalue weighted by molar-refractivity contribution is -0.146. The lowest BCUT2D eigenvalue weighted by Crippen LogP contribution is -2.29. The van der Waals surface area contributed by atoms with Crippen LogP contribution >= 0.6 is 0 Å². The molecule has 74 valence electrons. The molecular formula is C9H10N2O3. The van der Waals surface area contributed by atoms with Crippen LogP contribution in [-0.2, 0) is 15.1 Å². The number of carbonyl (C=O) groups is 2. The summed E-state index contributed by atoms with van der Waals surface area (Å²) in [4.78, 5) is 21.8. The van der Waals surface area contributed by atoms with Crippen molar-refractivity contribution in [3.8, 4) is 0 Å². The highest BCUT2D eigenvalue weighted by Gasteiger charge is 2.54. The molecule has 1 fully saturated rings. The Morgan fingerprint density at radius 1 is 1.71 bits per heavy atom. The molecule has 14 heavy (non-hydrogen) atoms. The summed E-state index contributed by atoms with van der Waals surface area (Å²) in [5.41, 5.74) is -0.309. The van der Waals surface area contributed by atoms with Gasteiger partial charge in [0, 0.05) is 6.20 Å². The topological polar surface area (TPSA) is 61.2 Å². The summed E-state index contributed by atoms with van der Waals surface area (Å²) < 4.78 is 6.20. The van der Waals surface area contributed by atoms with E-state index in [1.165, 1.54) is 11.8 Å². The molecule has 0 amide bonds. The predicted molar refractivity (Wildman–Crippen MR) is 46.8 cm³/mol. The molecule has 5 heteroatoms. The van der Waals surface area contributed by atoms with E-state index >= 15 is 0 Å². The number of esters is 1. The molecule has 0 aromatic carbocycles. The molecule has 1 aliphatic rings. The molecule has 0 unspecified atom stereocenters. The van der Waals surface area contributed by atoms with E-state index in [0.29, 0.717) is 12.0 Å². The van der Waals surface area contributed by atoms with Gasteiger partial charge in [-0.3, -0.25) is 9.48 Å². The first-order valence-electron chi connectivity index (χ1n) is 4.33. The number of nitrogens with zero attached hydrogens (tertiary/aromatic N) is 2. The lowest BCUT2D eigenvalue weighted by atomic mass is 10.3. The third-order valence-electron chi connectivity index (χ3n) is 2.46. The highest BCUT2D eigenvalue weighted by Crippen LogP contribution is 2.43. The smallest absolute Gasteiger partial charge is 0.333 e. The van der Waals surface area contributed by atoms with Gasteiger partial charge in [0.15, 0.2) is 11.8 Å². The number of rotatable bonds is 3. The Balaban J connectivity index is 2.30. The maximum Gasteiger partial charge on any atom is 0.333 e. The van der Waals surface area contributed by atoms with Gasteiger partial charge >= 0.3 is 5.97 Å². The van der Waals surface area contributed by atoms with E-state index < -0.39 is 5.54 Å². The lowest BCUT2D eigenvalue weighted by Gasteiger charge is -2.12. The normalized spacial score (nSPS) is 17.5. The van der Waals surface area contributed by atoms with Gasteiger partial charge in [0.2, 0.25) is 0 Å². The van der Waals surface area contributed by atoms with Crippen molar-refractivity contribution in [3.63, 3.8) is 0 Å². The van der Waals surface area contributed by atoms with Crippen LogP contribution in [0.25, 0.3) is 0 Å². The first kappa shape index (κ1) is 8.93. The first-order valence-corrected chi connectivity index (χ1v) is 4.33. The van der Waals surface area contributed by atoms with E-state index in [4.69, 9.17) is 0 Å². The number of carbonyl (C=O) groups excluding carboxylic acids is 2. The molecule has 0 atom stereocenters. The second-order valence-corrected chi connectivity index (χ2v) is 3.33. The van der Waals surface area contributed by atoms with Gasteiger partial charge in [-0.2, -0.15) is 5.10 Å². The highest BCUT2D eigenvalue weighted by atomic mass is 16.5. The van der Waals surface area contributed by atoms with E-state index in [1.54, 1.807) is 12.3 Å². The number of hydrogen-bond donors (Lipinski definition) is 0. The summed E-state index contributed by atoms with van der Waals surface area (Å²) in [5.74, 6) is -0.293. The van der Waals surface area contributed by atoms with Crippen molar-refractivity contribution in [3.05, 3.63) is 18.0 Å². The molecule has 1 aromatic heterocycles. The molecule has 0 saturated heterocycles. The van der Waals surface area contributed by atoms with E-state index in [9.17, 15) is 9.59 Å². The number of aromatic nitrogens is 2. The zero-order valence-electron chi connectivity index (χ0n) is 7.77. The summed E-state index contributed by atoms with van der Waals surface area (Å²) in [6.07, 6.45) is 3.73. The van der Waals surface area contributed by atoms with Gasteiger partial charge in [-0.1, -0.05) is 0 Å². The van der Waals surface area contributed by atoms with Crippen LogP contribution in [-0.4, -0.2) is 29.1 Å². The van der Waals surface area contributed by atoms with E-state index in [0.717, 1.165) is 12.8 Å². The molecule has 1 aliphatic carbocycles. The van der Waals surface area contributed by atoms with Gasteiger partial charge in [-0.15, -0.1) is 0 Å². The monoisotopic (exact) mass is 194 g/mol. The molecule has 0 radical (unpaired) electrons. The molecule has 1 heterocycles. The number of methoxy groups -OCH3 is 1. The number of hydrogen-bond acceptors (Lipinski definition) is 4. The summed E-state index contributed by atoms with van der Waals surface area (Å²) in [6, 6.07) is 1.58. The van der Waals surface area contributed by atoms with Gasteiger partial charge in [-0.25, -0.2) is 4.79 Å². The third-order valence-corrected chi connectivity index (χ3v) is 2.46. The molecule has 2 rings (SSSR count). The minimum Gasteiger partial charge on any atom is -0.467 e. The van der Waals surface area contributed by atoms with Gasteiger partial charge in [0.1, 0.15) is 5.69 Å². The second kappa shape index (κ2) is 2.94. The largest absolute Gasteiger partial charge is 0.467 e. The van der Waals surface area contributed by atoms with Crippen molar-refractivity contribution in [2.45, 2.75) is 18.4 Å². The molecule has 0 bridgehead atoms. The number of ether oxygens (including phenoxy) is 1. The van der Waals surface area contributed by atoms with Crippen molar-refractivity contribution >= 4 is 12.3 Å². The minimum absolute atomic E-state index is 0.293. The Bertz CT molecular complexity index is 379. The fraction of sp³-hybridized carbons (Fsp3) is 0.444. The van der Waals surface area contributed by atoms with Crippen LogP contribution in [0.2, 0.25) is 0 Å². The molecule has 0 N–H and O–H groups in total. The third kappa shape index (κ3) is 1.13. The Labute approximate surface area is 80.7 Å². The standard InChI is InChI=1S/C9H10N2O3/c1-14-8(13)9(3-4-9)11-5-2-7(6-12)10-11/h2,5-6H,3-4H2,1H3. The molecule has 0 aliphatic heterocycles. The number of aldehydes is 1. The van der Waals surface area contributed by atoms with Crippen LogP contribution in [0.1, 0.15) is 23.3 Å². The summed E-state index contributed by atoms with van der Waals surface area (Å²) in [6.45, 7) is 0. The summed E-state index contributed by atoms with van der Waals surface area (Å²) in [5, 5.41) is 3.98. The van der Waals surface area contributed by atoms with Crippen LogP contribution in [0.15, 0.2) is 12.3 Å². The summed E-state index contributed by atoms with van der Waals surface area (Å²) in [7, 11) is 1.35. The van der Waals surface area contributed by atoms with Crippen LogP contribution in [0.3, 0.4) is 0 Å². The zero-order chi connectivity index (χ0) is 10.2. The average molecular weight is 194 g/mol. The van der Waals surface area contributed by atoms with Gasteiger partial charge in [0.25, 0.3) is 0 Å². The van der Waals surface area contributed by atoms with Crippen LogP contribution < -0.4 is 0 Å². The van der Waals surface area contributed by atoms with E-state index in [-0.39, 0.29) is 5.97 Å². The maximum absolute atomic E-state index is 11.4. The molecule has 1 aromatic rings. The Kier molecular flexibility index (Phi) is 1.87. The van der Waals surface area contributed by atoms with E-state index in [2.05, 4.69) is 9.84 Å². The van der Waals surface area contributed by atoms with Crippen molar-refractivity contribution in [1.29, 1.82) is 0 Å². The van der Waals surface area contributed by atoms with Crippen molar-refractivity contribution < 1.29 is 14.3 Å². The van der Waals surface area contributed by atoms with Gasteiger partial charge in [-0.05, 0) is 18.9 Å². The van der Waals surface area contributed by atoms with Gasteiger partial charge in [0.05, 0.1) is 7.11 Å². The minimum atomic E-state index is -0.643. The highest BCUT2D eigenvalue weighted by molar-refractivity contribution is 5.82. The van der Waals surface area contributed by atoms with Crippen LogP contribution in [0.5, 0.6) is 0 Å². The first-order chi connectivity index (χ1) is 6.73. The quantitative estimate of drug-likeness (QED) is 0.514. The SMILES string of the molecule is COC(=O)C1(n2ccc(C=O)n2)CC1. The van der Waals surface area contributed by atoms with Crippen molar-refractivity contribution in [2.75, 3.05) is 7.11 Å². The maximum atomic E-state index is 11.4. The predicted octanol–water partition coefficient (Wildman–Crippen LogP) is 0.358. The molecule has 5 nitrogen and oxygen atoms in total. The average Bonchev–Trinajstić information content (AvgIpc) is 2.89. The van der Waals surface area contributed by atoms with Crippen molar-refractivity contribution in [2.24, 2.45) is 0 Å². The zero-order valence-corrected chi connectivity index (χ0v) is 7.77. The summed E-state index contributed by atoms with van der Waals surface area (Å²) >= 11 is 0. The van der Waals surface area contributed by atoms with Crippen LogP contribution in [0.4, 0.5) is 0 Å². The molecular weight excluding hydrogens is 184 g/mol. The van der Waals surface area contributed by atoms with Crippen LogP contribution in [0, 0.1) is 0 Å². The van der Waals surface area contributed by atoms with Crippen molar-refractivity contribution in [1.82, 2.24) is 9.78 Å². The Morgan fingerprint density at radius 3 is 2.86 bits per heavy atom. The van der Waals surface area contributed by atoms with Gasteiger partial charge < -0.3 is 4.74 Å². The Hall–Kier alpha value is -1.65. The molecule has 1 saturated carbocycles. The van der Waals surface area contributed by atoms with E-state index in [1.807, 2.05) is 0 Å². The fourth-order valence-electron chi connectivity index (χ4n) is 1.47. The second-order valence-electron chi connectivity index (χ2n) is 3.33. The molecule has 0 spiro atoms.